The van der Waals surface area contributed by atoms with Gasteiger partial charge in [0.25, 0.3) is 5.91 Å². The van der Waals surface area contributed by atoms with Crippen molar-refractivity contribution in [3.8, 4) is 0 Å². The molecule has 1 aromatic heterocycles. The van der Waals surface area contributed by atoms with E-state index in [0.717, 1.165) is 57.2 Å². The lowest BCUT2D eigenvalue weighted by atomic mass is 9.93. The number of anilines is 1. The molecule has 0 N–H and O–H groups in total. The zero-order chi connectivity index (χ0) is 18.5. The molecular formula is C19H31N5O2. The Bertz CT molecular complexity index is 608. The van der Waals surface area contributed by atoms with E-state index >= 15 is 0 Å². The zero-order valence-corrected chi connectivity index (χ0v) is 16.3. The van der Waals surface area contributed by atoms with Gasteiger partial charge in [0.2, 0.25) is 5.95 Å². The van der Waals surface area contributed by atoms with Crippen LogP contribution in [-0.4, -0.2) is 85.7 Å². The summed E-state index contributed by atoms with van der Waals surface area (Å²) in [6.45, 7) is 7.60. The first-order valence-electron chi connectivity index (χ1n) is 9.65. The van der Waals surface area contributed by atoms with Crippen molar-refractivity contribution < 1.29 is 9.53 Å². The summed E-state index contributed by atoms with van der Waals surface area (Å²) in [6, 6.07) is 1.81. The fraction of sp³-hybridized carbons (Fsp3) is 0.737. The highest BCUT2D eigenvalue weighted by molar-refractivity contribution is 5.92. The molecule has 0 radical (unpaired) electrons. The van der Waals surface area contributed by atoms with Crippen LogP contribution in [0, 0.1) is 12.8 Å². The highest BCUT2D eigenvalue weighted by Gasteiger charge is 2.25. The Kier molecular flexibility index (Phi) is 6.43. The van der Waals surface area contributed by atoms with Gasteiger partial charge in [0.1, 0.15) is 5.69 Å². The van der Waals surface area contributed by atoms with Crippen LogP contribution < -0.4 is 4.90 Å². The molecule has 3 rings (SSSR count). The molecule has 2 aliphatic heterocycles. The van der Waals surface area contributed by atoms with Gasteiger partial charge in [-0.2, -0.15) is 0 Å². The SMILES string of the molecule is Cc1cc(C(=O)N2CCC(CCN(C)C)CC2)nc(N2CCOCC2)n1. The van der Waals surface area contributed by atoms with E-state index < -0.39 is 0 Å². The topological polar surface area (TPSA) is 61.8 Å². The Morgan fingerprint density at radius 1 is 1.19 bits per heavy atom. The lowest BCUT2D eigenvalue weighted by molar-refractivity contribution is 0.0677. The van der Waals surface area contributed by atoms with Crippen LogP contribution in [0.25, 0.3) is 0 Å². The molecule has 0 unspecified atom stereocenters. The average molecular weight is 361 g/mol. The second-order valence-electron chi connectivity index (χ2n) is 7.62. The van der Waals surface area contributed by atoms with Crippen LogP contribution in [0.4, 0.5) is 5.95 Å². The lowest BCUT2D eigenvalue weighted by Crippen LogP contribution is -2.40. The molecule has 2 fully saturated rings. The molecule has 2 saturated heterocycles. The van der Waals surface area contributed by atoms with Gasteiger partial charge in [0, 0.05) is 31.9 Å². The summed E-state index contributed by atoms with van der Waals surface area (Å²) in [5.41, 5.74) is 1.36. The van der Waals surface area contributed by atoms with E-state index in [9.17, 15) is 4.79 Å². The summed E-state index contributed by atoms with van der Waals surface area (Å²) in [5.74, 6) is 1.41. The van der Waals surface area contributed by atoms with E-state index in [1.165, 1.54) is 6.42 Å². The summed E-state index contributed by atoms with van der Waals surface area (Å²) in [4.78, 5) is 28.3. The van der Waals surface area contributed by atoms with Crippen molar-refractivity contribution >= 4 is 11.9 Å². The van der Waals surface area contributed by atoms with Crippen LogP contribution >= 0.6 is 0 Å². The van der Waals surface area contributed by atoms with E-state index in [-0.39, 0.29) is 5.91 Å². The number of hydrogen-bond donors (Lipinski definition) is 0. The van der Waals surface area contributed by atoms with Crippen LogP contribution in [-0.2, 0) is 4.74 Å². The molecule has 7 heteroatoms. The van der Waals surface area contributed by atoms with Crippen molar-refractivity contribution in [1.29, 1.82) is 0 Å². The summed E-state index contributed by atoms with van der Waals surface area (Å²) >= 11 is 0. The Morgan fingerprint density at radius 2 is 1.88 bits per heavy atom. The van der Waals surface area contributed by atoms with E-state index in [2.05, 4.69) is 33.9 Å². The molecule has 0 aromatic carbocycles. The van der Waals surface area contributed by atoms with Crippen LogP contribution in [0.1, 0.15) is 35.4 Å². The third-order valence-electron chi connectivity index (χ3n) is 5.24. The maximum atomic E-state index is 12.9. The number of morpholine rings is 1. The van der Waals surface area contributed by atoms with Crippen molar-refractivity contribution in [2.45, 2.75) is 26.2 Å². The maximum Gasteiger partial charge on any atom is 0.272 e. The Balaban J connectivity index is 1.62. The van der Waals surface area contributed by atoms with Gasteiger partial charge in [-0.15, -0.1) is 0 Å². The fourth-order valence-corrected chi connectivity index (χ4v) is 3.59. The standard InChI is InChI=1S/C19H31N5O2/c1-15-14-17(21-19(20-15)24-10-12-26-13-11-24)18(25)23-8-5-16(6-9-23)4-7-22(2)3/h14,16H,4-13H2,1-3H3. The second kappa shape index (κ2) is 8.77. The molecule has 0 atom stereocenters. The van der Waals surface area contributed by atoms with Crippen molar-refractivity contribution in [3.05, 3.63) is 17.5 Å². The molecule has 0 aliphatic carbocycles. The predicted molar refractivity (Wildman–Crippen MR) is 102 cm³/mol. The minimum absolute atomic E-state index is 0.0380. The Morgan fingerprint density at radius 3 is 2.54 bits per heavy atom. The molecule has 7 nitrogen and oxygen atoms in total. The fourth-order valence-electron chi connectivity index (χ4n) is 3.59. The highest BCUT2D eigenvalue weighted by atomic mass is 16.5. The zero-order valence-electron chi connectivity index (χ0n) is 16.3. The quantitative estimate of drug-likeness (QED) is 0.791. The molecule has 144 valence electrons. The molecular weight excluding hydrogens is 330 g/mol. The lowest BCUT2D eigenvalue weighted by Gasteiger charge is -2.32. The van der Waals surface area contributed by atoms with Gasteiger partial charge in [0.15, 0.2) is 0 Å². The van der Waals surface area contributed by atoms with Gasteiger partial charge >= 0.3 is 0 Å². The first-order valence-corrected chi connectivity index (χ1v) is 9.65. The minimum atomic E-state index is 0.0380. The molecule has 0 bridgehead atoms. The van der Waals surface area contributed by atoms with Gasteiger partial charge in [-0.05, 0) is 58.8 Å². The van der Waals surface area contributed by atoms with Crippen LogP contribution in [0.3, 0.4) is 0 Å². The van der Waals surface area contributed by atoms with Crippen LogP contribution in [0.2, 0.25) is 0 Å². The van der Waals surface area contributed by atoms with Crippen LogP contribution in [0.15, 0.2) is 6.07 Å². The van der Waals surface area contributed by atoms with Crippen LogP contribution in [0.5, 0.6) is 0 Å². The first kappa shape index (κ1) is 19.0. The summed E-state index contributed by atoms with van der Waals surface area (Å²) in [7, 11) is 4.23. The molecule has 2 aliphatic rings. The number of ether oxygens (including phenoxy) is 1. The van der Waals surface area contributed by atoms with E-state index in [1.54, 1.807) is 0 Å². The van der Waals surface area contributed by atoms with E-state index in [4.69, 9.17) is 4.74 Å². The molecule has 1 amide bonds. The number of carbonyl (C=O) groups is 1. The molecule has 0 spiro atoms. The number of hydrogen-bond acceptors (Lipinski definition) is 6. The molecule has 26 heavy (non-hydrogen) atoms. The minimum Gasteiger partial charge on any atom is -0.378 e. The maximum absolute atomic E-state index is 12.9. The summed E-state index contributed by atoms with van der Waals surface area (Å²) in [6.07, 6.45) is 3.38. The van der Waals surface area contributed by atoms with Crippen molar-refractivity contribution in [1.82, 2.24) is 19.8 Å². The van der Waals surface area contributed by atoms with Gasteiger partial charge in [-0.25, -0.2) is 9.97 Å². The predicted octanol–water partition coefficient (Wildman–Crippen LogP) is 1.43. The summed E-state index contributed by atoms with van der Waals surface area (Å²) < 4.78 is 5.39. The monoisotopic (exact) mass is 361 g/mol. The van der Waals surface area contributed by atoms with Gasteiger partial charge in [-0.3, -0.25) is 4.79 Å². The average Bonchev–Trinajstić information content (AvgIpc) is 2.66. The number of aryl methyl sites for hydroxylation is 1. The largest absolute Gasteiger partial charge is 0.378 e. The van der Waals surface area contributed by atoms with Crippen molar-refractivity contribution in [2.24, 2.45) is 5.92 Å². The number of nitrogens with zero attached hydrogens (tertiary/aromatic N) is 5. The smallest absolute Gasteiger partial charge is 0.272 e. The number of carbonyl (C=O) groups excluding carboxylic acids is 1. The van der Waals surface area contributed by atoms with Crippen molar-refractivity contribution in [2.75, 3.05) is 64.9 Å². The molecule has 1 aromatic rings. The number of aromatic nitrogens is 2. The van der Waals surface area contributed by atoms with E-state index in [0.29, 0.717) is 24.9 Å². The van der Waals surface area contributed by atoms with Gasteiger partial charge in [-0.1, -0.05) is 0 Å². The first-order chi connectivity index (χ1) is 12.5. The number of likely N-dealkylation sites (tertiary alicyclic amines) is 1. The van der Waals surface area contributed by atoms with E-state index in [1.807, 2.05) is 17.9 Å². The van der Waals surface area contributed by atoms with Gasteiger partial charge < -0.3 is 19.4 Å². The van der Waals surface area contributed by atoms with Crippen molar-refractivity contribution in [3.63, 3.8) is 0 Å². The van der Waals surface area contributed by atoms with Gasteiger partial charge in [0.05, 0.1) is 13.2 Å². The third-order valence-corrected chi connectivity index (χ3v) is 5.24. The highest BCUT2D eigenvalue weighted by Crippen LogP contribution is 2.22. The third kappa shape index (κ3) is 4.92. The molecule has 0 saturated carbocycles. The number of piperidine rings is 1. The number of amides is 1. The second-order valence-corrected chi connectivity index (χ2v) is 7.62. The Hall–Kier alpha value is -1.73. The number of rotatable bonds is 5. The Labute approximate surface area is 156 Å². The normalized spacial score (nSPS) is 19.2. The summed E-state index contributed by atoms with van der Waals surface area (Å²) in [5, 5.41) is 0. The molecule has 3 heterocycles.